The van der Waals surface area contributed by atoms with E-state index >= 15 is 0 Å². The molecular formula is C8H12N2O3. The summed E-state index contributed by atoms with van der Waals surface area (Å²) in [7, 11) is 0. The molecule has 0 aromatic carbocycles. The summed E-state index contributed by atoms with van der Waals surface area (Å²) in [6.07, 6.45) is -0.0663. The normalized spacial score (nSPS) is 23.3. The van der Waals surface area contributed by atoms with Crippen molar-refractivity contribution in [3.8, 4) is 6.07 Å². The number of carboxylic acid groups (broad SMARTS) is 1. The van der Waals surface area contributed by atoms with Gasteiger partial charge in [0.2, 0.25) is 0 Å². The molecule has 1 N–H and O–H groups in total. The monoisotopic (exact) mass is 184 g/mol. The van der Waals surface area contributed by atoms with Crippen molar-refractivity contribution < 1.29 is 14.6 Å². The summed E-state index contributed by atoms with van der Waals surface area (Å²) in [6.45, 7) is 1.25. The molecule has 5 heteroatoms. The molecule has 1 rings (SSSR count). The Bertz CT molecular complexity index is 224. The number of nitriles is 1. The summed E-state index contributed by atoms with van der Waals surface area (Å²) in [6, 6.07) is 2.02. The van der Waals surface area contributed by atoms with Crippen molar-refractivity contribution in [2.24, 2.45) is 0 Å². The van der Waals surface area contributed by atoms with Crippen LogP contribution < -0.4 is 0 Å². The number of nitrogens with zero attached hydrogens (tertiary/aromatic N) is 2. The maximum atomic E-state index is 10.6. The van der Waals surface area contributed by atoms with Gasteiger partial charge in [-0.25, -0.2) is 4.79 Å². The van der Waals surface area contributed by atoms with Crippen LogP contribution >= 0.6 is 0 Å². The summed E-state index contributed by atoms with van der Waals surface area (Å²) in [5.74, 6) is 0. The van der Waals surface area contributed by atoms with Crippen LogP contribution in [0.4, 0.5) is 4.79 Å². The van der Waals surface area contributed by atoms with Gasteiger partial charge in [-0.15, -0.1) is 0 Å². The topological polar surface area (TPSA) is 73.6 Å². The summed E-state index contributed by atoms with van der Waals surface area (Å²) in [5.41, 5.74) is 0. The zero-order valence-electron chi connectivity index (χ0n) is 7.27. The Hall–Kier alpha value is -1.28. The highest BCUT2D eigenvalue weighted by molar-refractivity contribution is 5.64. The predicted octanol–water partition coefficient (Wildman–Crippen LogP) is 0.669. The van der Waals surface area contributed by atoms with Crippen LogP contribution in [0, 0.1) is 11.3 Å². The van der Waals surface area contributed by atoms with Gasteiger partial charge in [-0.1, -0.05) is 0 Å². The van der Waals surface area contributed by atoms with Crippen LogP contribution in [0.1, 0.15) is 12.8 Å². The minimum atomic E-state index is -0.916. The lowest BCUT2D eigenvalue weighted by Crippen LogP contribution is -2.31. The molecule has 13 heavy (non-hydrogen) atoms. The third-order valence-corrected chi connectivity index (χ3v) is 2.03. The largest absolute Gasteiger partial charge is 0.465 e. The standard InChI is InChI=1S/C8H12N2O3/c9-3-1-7-2-4-10(8(11)12)5-6-13-7/h7H,1-2,4-6H2,(H,11,12)/t7-/m1/s1. The lowest BCUT2D eigenvalue weighted by atomic mass is 10.2. The maximum absolute atomic E-state index is 10.6. The molecule has 72 valence electrons. The van der Waals surface area contributed by atoms with E-state index in [0.717, 1.165) is 0 Å². The van der Waals surface area contributed by atoms with Gasteiger partial charge in [-0.05, 0) is 6.42 Å². The van der Waals surface area contributed by atoms with E-state index in [1.807, 2.05) is 6.07 Å². The SMILES string of the molecule is N#CC[C@@H]1CCN(C(=O)O)CCO1. The van der Waals surface area contributed by atoms with E-state index in [4.69, 9.17) is 15.1 Å². The smallest absolute Gasteiger partial charge is 0.407 e. The summed E-state index contributed by atoms with van der Waals surface area (Å²) < 4.78 is 5.30. The molecule has 0 aromatic heterocycles. The number of amides is 1. The first-order valence-electron chi connectivity index (χ1n) is 4.20. The van der Waals surface area contributed by atoms with Crippen LogP contribution in [0.3, 0.4) is 0 Å². The maximum Gasteiger partial charge on any atom is 0.407 e. The predicted molar refractivity (Wildman–Crippen MR) is 44.2 cm³/mol. The fourth-order valence-corrected chi connectivity index (χ4v) is 1.28. The number of rotatable bonds is 1. The Morgan fingerprint density at radius 3 is 3.08 bits per heavy atom. The van der Waals surface area contributed by atoms with E-state index < -0.39 is 6.09 Å². The number of hydrogen-bond acceptors (Lipinski definition) is 3. The Labute approximate surface area is 76.5 Å². The van der Waals surface area contributed by atoms with Crippen LogP contribution in [0.25, 0.3) is 0 Å². The molecule has 0 unspecified atom stereocenters. The molecule has 1 heterocycles. The summed E-state index contributed by atoms with van der Waals surface area (Å²) in [4.78, 5) is 11.9. The van der Waals surface area contributed by atoms with Crippen molar-refractivity contribution in [3.63, 3.8) is 0 Å². The molecular weight excluding hydrogens is 172 g/mol. The zero-order chi connectivity index (χ0) is 9.68. The summed E-state index contributed by atoms with van der Waals surface area (Å²) >= 11 is 0. The van der Waals surface area contributed by atoms with Gasteiger partial charge in [0.05, 0.1) is 25.2 Å². The molecule has 1 aliphatic rings. The molecule has 1 amide bonds. The fourth-order valence-electron chi connectivity index (χ4n) is 1.28. The molecule has 0 spiro atoms. The van der Waals surface area contributed by atoms with Gasteiger partial charge >= 0.3 is 6.09 Å². The highest BCUT2D eigenvalue weighted by Crippen LogP contribution is 2.09. The first-order chi connectivity index (χ1) is 6.24. The van der Waals surface area contributed by atoms with Crippen LogP contribution in [0.15, 0.2) is 0 Å². The molecule has 5 nitrogen and oxygen atoms in total. The van der Waals surface area contributed by atoms with Crippen LogP contribution in [0.5, 0.6) is 0 Å². The first-order valence-corrected chi connectivity index (χ1v) is 4.20. The van der Waals surface area contributed by atoms with Gasteiger partial charge in [0.15, 0.2) is 0 Å². The molecule has 1 aliphatic heterocycles. The van der Waals surface area contributed by atoms with E-state index in [-0.39, 0.29) is 6.10 Å². The molecule has 1 saturated heterocycles. The van der Waals surface area contributed by atoms with E-state index in [2.05, 4.69) is 0 Å². The molecule has 0 aromatic rings. The highest BCUT2D eigenvalue weighted by Gasteiger charge is 2.19. The Morgan fingerprint density at radius 2 is 2.46 bits per heavy atom. The first kappa shape index (κ1) is 9.81. The second kappa shape index (κ2) is 4.67. The average molecular weight is 184 g/mol. The van der Waals surface area contributed by atoms with Crippen molar-refractivity contribution in [3.05, 3.63) is 0 Å². The minimum absolute atomic E-state index is 0.102. The molecule has 0 saturated carbocycles. The minimum Gasteiger partial charge on any atom is -0.465 e. The number of hydrogen-bond donors (Lipinski definition) is 1. The second-order valence-corrected chi connectivity index (χ2v) is 2.91. The van der Waals surface area contributed by atoms with Gasteiger partial charge in [0, 0.05) is 13.1 Å². The van der Waals surface area contributed by atoms with Gasteiger partial charge in [-0.2, -0.15) is 5.26 Å². The highest BCUT2D eigenvalue weighted by atomic mass is 16.5. The molecule has 0 radical (unpaired) electrons. The Kier molecular flexibility index (Phi) is 3.53. The van der Waals surface area contributed by atoms with Crippen LogP contribution in [-0.4, -0.2) is 41.9 Å². The number of ether oxygens (including phenoxy) is 1. The van der Waals surface area contributed by atoms with Gasteiger partial charge in [-0.3, -0.25) is 0 Å². The van der Waals surface area contributed by atoms with Crippen LogP contribution in [-0.2, 0) is 4.74 Å². The van der Waals surface area contributed by atoms with E-state index in [9.17, 15) is 4.79 Å². The van der Waals surface area contributed by atoms with Crippen molar-refractivity contribution in [2.45, 2.75) is 18.9 Å². The average Bonchev–Trinajstić information content (AvgIpc) is 2.30. The van der Waals surface area contributed by atoms with E-state index in [1.54, 1.807) is 0 Å². The zero-order valence-corrected chi connectivity index (χ0v) is 7.27. The fraction of sp³-hybridized carbons (Fsp3) is 0.750. The van der Waals surface area contributed by atoms with Gasteiger partial charge < -0.3 is 14.7 Å². The second-order valence-electron chi connectivity index (χ2n) is 2.91. The van der Waals surface area contributed by atoms with Crippen molar-refractivity contribution in [1.82, 2.24) is 4.90 Å². The number of carbonyl (C=O) groups is 1. The van der Waals surface area contributed by atoms with Gasteiger partial charge in [0.1, 0.15) is 0 Å². The lowest BCUT2D eigenvalue weighted by Gasteiger charge is -2.14. The molecule has 0 aliphatic carbocycles. The third kappa shape index (κ3) is 2.92. The Balaban J connectivity index is 2.40. The molecule has 1 atom stereocenters. The molecule has 0 bridgehead atoms. The van der Waals surface area contributed by atoms with Crippen LogP contribution in [0.2, 0.25) is 0 Å². The van der Waals surface area contributed by atoms with Crippen molar-refractivity contribution >= 4 is 6.09 Å². The third-order valence-electron chi connectivity index (χ3n) is 2.03. The van der Waals surface area contributed by atoms with Crippen molar-refractivity contribution in [2.75, 3.05) is 19.7 Å². The van der Waals surface area contributed by atoms with Gasteiger partial charge in [0.25, 0.3) is 0 Å². The summed E-state index contributed by atoms with van der Waals surface area (Å²) in [5, 5.41) is 17.1. The van der Waals surface area contributed by atoms with E-state index in [1.165, 1.54) is 4.90 Å². The Morgan fingerprint density at radius 1 is 1.69 bits per heavy atom. The van der Waals surface area contributed by atoms with Crippen molar-refractivity contribution in [1.29, 1.82) is 5.26 Å². The van der Waals surface area contributed by atoms with E-state index in [0.29, 0.717) is 32.5 Å². The quantitative estimate of drug-likeness (QED) is 0.650. The lowest BCUT2D eigenvalue weighted by molar-refractivity contribution is 0.0651. The molecule has 1 fully saturated rings.